The fraction of sp³-hybridized carbons (Fsp3) is 0.320. The first-order valence-electron chi connectivity index (χ1n) is 11.5. The summed E-state index contributed by atoms with van der Waals surface area (Å²) in [6.45, 7) is 2.27. The van der Waals surface area contributed by atoms with Gasteiger partial charge in [0.25, 0.3) is 0 Å². The Bertz CT molecular complexity index is 1340. The highest BCUT2D eigenvalue weighted by molar-refractivity contribution is 6.03. The second-order valence-corrected chi connectivity index (χ2v) is 8.45. The maximum Gasteiger partial charge on any atom is 0.240 e. The number of hydrogen-bond acceptors (Lipinski definition) is 9. The highest BCUT2D eigenvalue weighted by Gasteiger charge is 2.22. The molecule has 2 aromatic carbocycles. The summed E-state index contributed by atoms with van der Waals surface area (Å²) in [7, 11) is 1.51. The first-order chi connectivity index (χ1) is 17.0. The number of rotatable bonds is 5. The summed E-state index contributed by atoms with van der Waals surface area (Å²) >= 11 is 0. The third-order valence-corrected chi connectivity index (χ3v) is 5.88. The van der Waals surface area contributed by atoms with E-state index in [0.29, 0.717) is 42.8 Å². The average molecular weight is 474 g/mol. The number of phenolic OH excluding ortho intramolecular Hbond substituents is 1. The molecule has 1 atom stereocenters. The van der Waals surface area contributed by atoms with Gasteiger partial charge in [-0.3, -0.25) is 4.99 Å². The number of aliphatic imine (C=N–C) groups is 3. The summed E-state index contributed by atoms with van der Waals surface area (Å²) in [5.41, 5.74) is 10.0. The molecular formula is C25H27N7O3. The number of phenols is 1. The van der Waals surface area contributed by atoms with Crippen LogP contribution < -0.4 is 10.5 Å². The van der Waals surface area contributed by atoms with E-state index in [1.54, 1.807) is 16.8 Å². The van der Waals surface area contributed by atoms with Crippen molar-refractivity contribution < 1.29 is 14.6 Å². The van der Waals surface area contributed by atoms with E-state index in [4.69, 9.17) is 20.2 Å². The molecule has 0 radical (unpaired) electrons. The van der Waals surface area contributed by atoms with E-state index < -0.39 is 0 Å². The molecule has 10 nitrogen and oxygen atoms in total. The monoisotopic (exact) mass is 473 g/mol. The summed E-state index contributed by atoms with van der Waals surface area (Å²) in [5.74, 6) is 2.44. The van der Waals surface area contributed by atoms with Gasteiger partial charge < -0.3 is 20.3 Å². The van der Waals surface area contributed by atoms with Crippen LogP contribution in [0.25, 0.3) is 0 Å². The molecule has 0 amide bonds. The number of aryl methyl sites for hydroxylation is 1. The van der Waals surface area contributed by atoms with Crippen LogP contribution in [0.15, 0.2) is 57.4 Å². The summed E-state index contributed by atoms with van der Waals surface area (Å²) in [5, 5.41) is 14.5. The quantitative estimate of drug-likeness (QED) is 0.584. The lowest BCUT2D eigenvalue weighted by molar-refractivity contribution is 0.349. The molecule has 2 aliphatic rings. The number of hydrogen-bond donors (Lipinski definition) is 2. The van der Waals surface area contributed by atoms with Gasteiger partial charge >= 0.3 is 0 Å². The Morgan fingerprint density at radius 1 is 1.14 bits per heavy atom. The smallest absolute Gasteiger partial charge is 0.240 e. The van der Waals surface area contributed by atoms with Crippen LogP contribution in [0.5, 0.6) is 11.5 Å². The zero-order chi connectivity index (χ0) is 24.4. The first-order valence-corrected chi connectivity index (χ1v) is 11.5. The number of para-hydroxylation sites is 1. The Hall–Kier alpha value is -4.21. The maximum atomic E-state index is 10.1. The number of methoxy groups -OCH3 is 1. The number of aromatic nitrogens is 3. The molecule has 35 heavy (non-hydrogen) atoms. The van der Waals surface area contributed by atoms with Crippen LogP contribution in [0.3, 0.4) is 0 Å². The van der Waals surface area contributed by atoms with E-state index in [1.807, 2.05) is 31.2 Å². The van der Waals surface area contributed by atoms with Crippen molar-refractivity contribution >= 4 is 29.1 Å². The number of nitrogens with two attached hydrogens (primary N) is 1. The Balaban J connectivity index is 1.30. The second-order valence-electron chi connectivity index (χ2n) is 8.45. The third kappa shape index (κ3) is 5.01. The van der Waals surface area contributed by atoms with Crippen LogP contribution in [0.2, 0.25) is 0 Å². The Kier molecular flexibility index (Phi) is 6.17. The summed E-state index contributed by atoms with van der Waals surface area (Å²) in [6, 6.07) is 13.4. The molecule has 0 spiro atoms. The second kappa shape index (κ2) is 9.57. The predicted octanol–water partition coefficient (Wildman–Crippen LogP) is 3.30. The Morgan fingerprint density at radius 3 is 2.83 bits per heavy atom. The van der Waals surface area contributed by atoms with Crippen molar-refractivity contribution in [1.29, 1.82) is 0 Å². The fourth-order valence-corrected chi connectivity index (χ4v) is 4.22. The third-order valence-electron chi connectivity index (χ3n) is 5.88. The molecule has 3 heterocycles. The van der Waals surface area contributed by atoms with Crippen LogP contribution in [-0.2, 0) is 17.6 Å². The standard InChI is InChI=1S/C25H27N7O3/c1-15-27-23(13-24(28-15)35-14-18-9-8-17-5-3-4-6-19(17)29-18)32-22(30-25(26)31-32)12-16-7-10-21(34-2)20(33)11-16/h3-7,10-11,15,33H,8-9,12-14H2,1-2H3,(H2,26,31). The molecule has 3 aromatic rings. The van der Waals surface area contributed by atoms with Crippen LogP contribution in [0, 0.1) is 0 Å². The normalized spacial score (nSPS) is 17.2. The minimum atomic E-state index is -0.328. The molecule has 180 valence electrons. The van der Waals surface area contributed by atoms with E-state index in [1.165, 1.54) is 12.7 Å². The van der Waals surface area contributed by atoms with E-state index in [0.717, 1.165) is 29.8 Å². The topological polar surface area (TPSA) is 132 Å². The molecule has 0 saturated heterocycles. The van der Waals surface area contributed by atoms with E-state index >= 15 is 0 Å². The van der Waals surface area contributed by atoms with Gasteiger partial charge in [0.05, 0.1) is 24.9 Å². The van der Waals surface area contributed by atoms with Crippen molar-refractivity contribution in [2.75, 3.05) is 19.5 Å². The summed E-state index contributed by atoms with van der Waals surface area (Å²) in [4.78, 5) is 18.3. The van der Waals surface area contributed by atoms with Gasteiger partial charge in [0.15, 0.2) is 17.4 Å². The molecule has 1 aromatic heterocycles. The number of benzene rings is 2. The zero-order valence-electron chi connectivity index (χ0n) is 19.7. The van der Waals surface area contributed by atoms with E-state index in [9.17, 15) is 5.11 Å². The van der Waals surface area contributed by atoms with Crippen molar-refractivity contribution in [3.8, 4) is 11.5 Å². The summed E-state index contributed by atoms with van der Waals surface area (Å²) < 4.78 is 12.8. The molecule has 0 saturated carbocycles. The molecule has 5 rings (SSSR count). The number of fused-ring (bicyclic) bond motifs is 1. The molecule has 0 aliphatic carbocycles. The van der Waals surface area contributed by atoms with Crippen LogP contribution >= 0.6 is 0 Å². The van der Waals surface area contributed by atoms with Gasteiger partial charge in [0.2, 0.25) is 5.95 Å². The van der Waals surface area contributed by atoms with Crippen molar-refractivity contribution in [2.24, 2.45) is 15.0 Å². The predicted molar refractivity (Wildman–Crippen MR) is 134 cm³/mol. The SMILES string of the molecule is COc1ccc(Cc2nc(N)nn2C2=NC(C)N=C(OCC3=Nc4ccccc4CC3)C2)cc1O. The van der Waals surface area contributed by atoms with Crippen LogP contribution in [0.1, 0.15) is 36.7 Å². The Morgan fingerprint density at radius 2 is 2.00 bits per heavy atom. The number of ether oxygens (including phenoxy) is 2. The lowest BCUT2D eigenvalue weighted by Gasteiger charge is -2.20. The van der Waals surface area contributed by atoms with Crippen LogP contribution in [-0.4, -0.2) is 57.2 Å². The van der Waals surface area contributed by atoms with E-state index in [2.05, 4.69) is 26.1 Å². The maximum absolute atomic E-state index is 10.1. The fourth-order valence-electron chi connectivity index (χ4n) is 4.22. The summed E-state index contributed by atoms with van der Waals surface area (Å²) in [6.07, 6.45) is 2.25. The number of nitrogen functional groups attached to an aromatic ring is 1. The lowest BCUT2D eigenvalue weighted by atomic mass is 10.0. The van der Waals surface area contributed by atoms with Gasteiger partial charge in [0, 0.05) is 6.42 Å². The molecule has 3 N–H and O–H groups in total. The molecule has 0 fully saturated rings. The van der Waals surface area contributed by atoms with Crippen molar-refractivity contribution in [1.82, 2.24) is 14.8 Å². The van der Waals surface area contributed by atoms with Gasteiger partial charge in [-0.1, -0.05) is 24.3 Å². The van der Waals surface area contributed by atoms with Gasteiger partial charge in [0.1, 0.15) is 24.4 Å². The number of aromatic hydroxyl groups is 1. The molecule has 0 bridgehead atoms. The van der Waals surface area contributed by atoms with Gasteiger partial charge in [-0.05, 0) is 49.1 Å². The van der Waals surface area contributed by atoms with Crippen molar-refractivity contribution in [3.05, 3.63) is 59.4 Å². The van der Waals surface area contributed by atoms with E-state index in [-0.39, 0.29) is 17.9 Å². The highest BCUT2D eigenvalue weighted by Crippen LogP contribution is 2.28. The number of anilines is 1. The molecular weight excluding hydrogens is 446 g/mol. The van der Waals surface area contributed by atoms with Gasteiger partial charge in [-0.2, -0.15) is 4.98 Å². The molecule has 2 aliphatic heterocycles. The largest absolute Gasteiger partial charge is 0.504 e. The van der Waals surface area contributed by atoms with Gasteiger partial charge in [-0.25, -0.2) is 14.7 Å². The molecule has 1 unspecified atom stereocenters. The zero-order valence-corrected chi connectivity index (χ0v) is 19.7. The first kappa shape index (κ1) is 22.6. The minimum absolute atomic E-state index is 0.0590. The van der Waals surface area contributed by atoms with Crippen molar-refractivity contribution in [3.63, 3.8) is 0 Å². The van der Waals surface area contributed by atoms with Gasteiger partial charge in [-0.15, -0.1) is 5.10 Å². The highest BCUT2D eigenvalue weighted by atomic mass is 16.5. The van der Waals surface area contributed by atoms with Crippen LogP contribution in [0.4, 0.5) is 11.6 Å². The lowest BCUT2D eigenvalue weighted by Crippen LogP contribution is -2.29. The minimum Gasteiger partial charge on any atom is -0.504 e. The molecule has 10 heteroatoms. The van der Waals surface area contributed by atoms with Crippen molar-refractivity contribution in [2.45, 2.75) is 38.8 Å². The average Bonchev–Trinajstić information content (AvgIpc) is 3.22. The Labute approximate surface area is 202 Å². The number of nitrogens with zero attached hydrogens (tertiary/aromatic N) is 6.